The van der Waals surface area contributed by atoms with E-state index in [1.165, 1.54) is 18.1 Å². The Morgan fingerprint density at radius 1 is 1.13 bits per heavy atom. The largest absolute Gasteiger partial charge is 0.494 e. The van der Waals surface area contributed by atoms with Crippen LogP contribution in [0.4, 0.5) is 4.39 Å². The van der Waals surface area contributed by atoms with E-state index in [2.05, 4.69) is 10.3 Å². The molecule has 0 fully saturated rings. The first-order valence-corrected chi connectivity index (χ1v) is 10.2. The molecule has 2 aromatic rings. The van der Waals surface area contributed by atoms with Gasteiger partial charge in [0.2, 0.25) is 0 Å². The number of halogens is 1. The van der Waals surface area contributed by atoms with E-state index in [0.717, 1.165) is 12.0 Å². The van der Waals surface area contributed by atoms with Gasteiger partial charge in [-0.1, -0.05) is 18.2 Å². The number of hydrogen-bond donors (Lipinski definition) is 1. The predicted octanol–water partition coefficient (Wildman–Crippen LogP) is 2.92. The zero-order valence-electron chi connectivity index (χ0n) is 18.0. The Morgan fingerprint density at radius 2 is 1.81 bits per heavy atom. The minimum Gasteiger partial charge on any atom is -0.494 e. The number of rotatable bonds is 8. The molecule has 3 rings (SSSR count). The molecule has 0 radical (unpaired) electrons. The van der Waals surface area contributed by atoms with Crippen LogP contribution in [0.1, 0.15) is 39.1 Å². The summed E-state index contributed by atoms with van der Waals surface area (Å²) in [4.78, 5) is 32.2. The van der Waals surface area contributed by atoms with Gasteiger partial charge in [-0.05, 0) is 42.7 Å². The summed E-state index contributed by atoms with van der Waals surface area (Å²) in [6.07, 6.45) is 1.44. The van der Waals surface area contributed by atoms with Crippen molar-refractivity contribution in [1.82, 2.24) is 15.1 Å². The molecular formula is C23H27FN4O3. The molecule has 0 aromatic heterocycles. The smallest absolute Gasteiger partial charge is 0.261 e. The Bertz CT molecular complexity index is 958. The first kappa shape index (κ1) is 22.3. The SMILES string of the molecule is CN=C(NCCCCN1C(=O)c2ccccc2C1=O)N(C)Cc1ccc(OC)c(F)c1. The molecule has 7 nitrogen and oxygen atoms in total. The van der Waals surface area contributed by atoms with Crippen LogP contribution in [0.5, 0.6) is 5.75 Å². The lowest BCUT2D eigenvalue weighted by Gasteiger charge is -2.22. The number of aliphatic imine (C=N–C) groups is 1. The summed E-state index contributed by atoms with van der Waals surface area (Å²) in [6, 6.07) is 11.8. The van der Waals surface area contributed by atoms with Gasteiger partial charge in [0.15, 0.2) is 17.5 Å². The molecule has 0 saturated carbocycles. The number of carbonyl (C=O) groups excluding carboxylic acids is 2. The van der Waals surface area contributed by atoms with Crippen LogP contribution in [-0.4, -0.2) is 61.9 Å². The number of nitrogens with one attached hydrogen (secondary N) is 1. The van der Waals surface area contributed by atoms with Crippen molar-refractivity contribution in [2.24, 2.45) is 4.99 Å². The van der Waals surface area contributed by atoms with Gasteiger partial charge < -0.3 is 15.0 Å². The van der Waals surface area contributed by atoms with Gasteiger partial charge in [0, 0.05) is 33.7 Å². The second-order valence-corrected chi connectivity index (χ2v) is 7.31. The highest BCUT2D eigenvalue weighted by Gasteiger charge is 2.34. The number of hydrogen-bond acceptors (Lipinski definition) is 4. The van der Waals surface area contributed by atoms with Crippen LogP contribution >= 0.6 is 0 Å². The van der Waals surface area contributed by atoms with Crippen LogP contribution in [-0.2, 0) is 6.54 Å². The quantitative estimate of drug-likeness (QED) is 0.304. The predicted molar refractivity (Wildman–Crippen MR) is 117 cm³/mol. The monoisotopic (exact) mass is 426 g/mol. The summed E-state index contributed by atoms with van der Waals surface area (Å²) in [7, 11) is 4.99. The van der Waals surface area contributed by atoms with Crippen LogP contribution < -0.4 is 10.1 Å². The summed E-state index contributed by atoms with van der Waals surface area (Å²) >= 11 is 0. The fourth-order valence-electron chi connectivity index (χ4n) is 3.58. The lowest BCUT2D eigenvalue weighted by atomic mass is 10.1. The van der Waals surface area contributed by atoms with Crippen molar-refractivity contribution in [1.29, 1.82) is 0 Å². The standard InChI is InChI=1S/C23H27FN4O3/c1-25-23(27(2)15-16-10-11-20(31-3)19(24)14-16)26-12-6-7-13-28-21(29)17-8-4-5-9-18(17)22(28)30/h4-5,8-11,14H,6-7,12-13,15H2,1-3H3,(H,25,26). The first-order valence-electron chi connectivity index (χ1n) is 10.2. The molecule has 2 amide bonds. The molecule has 0 atom stereocenters. The number of ether oxygens (including phenoxy) is 1. The number of benzene rings is 2. The molecule has 1 N–H and O–H groups in total. The fraction of sp³-hybridized carbons (Fsp3) is 0.348. The van der Waals surface area contributed by atoms with Crippen molar-refractivity contribution in [3.63, 3.8) is 0 Å². The number of amides is 2. The van der Waals surface area contributed by atoms with E-state index in [9.17, 15) is 14.0 Å². The Hall–Kier alpha value is -3.42. The van der Waals surface area contributed by atoms with Gasteiger partial charge in [0.25, 0.3) is 11.8 Å². The molecule has 1 aliphatic heterocycles. The zero-order valence-corrected chi connectivity index (χ0v) is 18.0. The number of fused-ring (bicyclic) bond motifs is 1. The molecule has 1 aliphatic rings. The van der Waals surface area contributed by atoms with E-state index in [1.54, 1.807) is 37.4 Å². The number of guanidine groups is 1. The Labute approximate surface area is 181 Å². The van der Waals surface area contributed by atoms with Crippen LogP contribution in [0.15, 0.2) is 47.5 Å². The highest BCUT2D eigenvalue weighted by Crippen LogP contribution is 2.22. The van der Waals surface area contributed by atoms with E-state index in [-0.39, 0.29) is 17.6 Å². The molecule has 31 heavy (non-hydrogen) atoms. The van der Waals surface area contributed by atoms with Gasteiger partial charge in [0.1, 0.15) is 0 Å². The number of imide groups is 1. The molecule has 8 heteroatoms. The summed E-state index contributed by atoms with van der Waals surface area (Å²) in [5, 5.41) is 3.26. The maximum absolute atomic E-state index is 13.9. The van der Waals surface area contributed by atoms with Crippen molar-refractivity contribution in [3.8, 4) is 5.75 Å². The molecule has 0 aliphatic carbocycles. The van der Waals surface area contributed by atoms with Crippen LogP contribution in [0.3, 0.4) is 0 Å². The first-order chi connectivity index (χ1) is 15.0. The Balaban J connectivity index is 1.44. The van der Waals surface area contributed by atoms with Crippen molar-refractivity contribution >= 4 is 17.8 Å². The molecule has 0 spiro atoms. The van der Waals surface area contributed by atoms with Gasteiger partial charge >= 0.3 is 0 Å². The van der Waals surface area contributed by atoms with E-state index in [0.29, 0.717) is 43.1 Å². The van der Waals surface area contributed by atoms with Gasteiger partial charge in [-0.3, -0.25) is 19.5 Å². The average Bonchev–Trinajstić information content (AvgIpc) is 3.01. The number of carbonyl (C=O) groups is 2. The Morgan fingerprint density at radius 3 is 2.39 bits per heavy atom. The van der Waals surface area contributed by atoms with Crippen LogP contribution in [0.25, 0.3) is 0 Å². The summed E-state index contributed by atoms with van der Waals surface area (Å²) in [6.45, 7) is 1.50. The molecule has 0 bridgehead atoms. The fourth-order valence-corrected chi connectivity index (χ4v) is 3.58. The third-order valence-corrected chi connectivity index (χ3v) is 5.18. The molecule has 0 saturated heterocycles. The Kier molecular flexibility index (Phi) is 7.23. The summed E-state index contributed by atoms with van der Waals surface area (Å²) in [5.41, 5.74) is 1.75. The minimum absolute atomic E-state index is 0.215. The van der Waals surface area contributed by atoms with E-state index in [4.69, 9.17) is 4.74 Å². The number of unbranched alkanes of at least 4 members (excludes halogenated alkanes) is 1. The highest BCUT2D eigenvalue weighted by atomic mass is 19.1. The lowest BCUT2D eigenvalue weighted by Crippen LogP contribution is -2.39. The van der Waals surface area contributed by atoms with Crippen molar-refractivity contribution < 1.29 is 18.7 Å². The van der Waals surface area contributed by atoms with Gasteiger partial charge in [-0.2, -0.15) is 0 Å². The maximum Gasteiger partial charge on any atom is 0.261 e. The van der Waals surface area contributed by atoms with Gasteiger partial charge in [-0.25, -0.2) is 4.39 Å². The van der Waals surface area contributed by atoms with E-state index < -0.39 is 5.82 Å². The number of nitrogens with zero attached hydrogens (tertiary/aromatic N) is 3. The number of methoxy groups -OCH3 is 1. The van der Waals surface area contributed by atoms with Gasteiger partial charge in [0.05, 0.1) is 18.2 Å². The van der Waals surface area contributed by atoms with Crippen molar-refractivity contribution in [2.75, 3.05) is 34.3 Å². The minimum atomic E-state index is -0.399. The molecular weight excluding hydrogens is 399 g/mol. The molecule has 1 heterocycles. The second kappa shape index (κ2) is 10.1. The zero-order chi connectivity index (χ0) is 22.4. The average molecular weight is 426 g/mol. The normalized spacial score (nSPS) is 13.4. The third-order valence-electron chi connectivity index (χ3n) is 5.18. The van der Waals surface area contributed by atoms with Gasteiger partial charge in [-0.15, -0.1) is 0 Å². The third kappa shape index (κ3) is 5.02. The topological polar surface area (TPSA) is 74.2 Å². The highest BCUT2D eigenvalue weighted by molar-refractivity contribution is 6.21. The van der Waals surface area contributed by atoms with Crippen LogP contribution in [0, 0.1) is 5.82 Å². The summed E-state index contributed by atoms with van der Waals surface area (Å²) < 4.78 is 18.8. The summed E-state index contributed by atoms with van der Waals surface area (Å²) in [5.74, 6) is 0.0417. The second-order valence-electron chi connectivity index (χ2n) is 7.31. The van der Waals surface area contributed by atoms with Crippen LogP contribution in [0.2, 0.25) is 0 Å². The molecule has 2 aromatic carbocycles. The molecule has 164 valence electrons. The van der Waals surface area contributed by atoms with E-state index >= 15 is 0 Å². The van der Waals surface area contributed by atoms with Crippen molar-refractivity contribution in [2.45, 2.75) is 19.4 Å². The van der Waals surface area contributed by atoms with Crippen molar-refractivity contribution in [3.05, 3.63) is 65.0 Å². The van der Waals surface area contributed by atoms with E-state index in [1.807, 2.05) is 18.0 Å². The lowest BCUT2D eigenvalue weighted by molar-refractivity contribution is 0.0652. The molecule has 0 unspecified atom stereocenters. The maximum atomic E-state index is 13.9.